The van der Waals surface area contributed by atoms with Crippen molar-refractivity contribution in [2.45, 2.75) is 31.8 Å². The molecule has 1 aliphatic rings. The minimum Gasteiger partial charge on any atom is -0.493 e. The molecule has 2 N–H and O–H groups in total. The average Bonchev–Trinajstić information content (AvgIpc) is 3.10. The number of nitrogens with zero attached hydrogens (tertiary/aromatic N) is 1. The summed E-state index contributed by atoms with van der Waals surface area (Å²) in [6.07, 6.45) is 8.81. The lowest BCUT2D eigenvalue weighted by atomic mass is 10.1. The molecule has 106 valence electrons. The van der Waals surface area contributed by atoms with Crippen LogP contribution in [0.2, 0.25) is 0 Å². The summed E-state index contributed by atoms with van der Waals surface area (Å²) >= 11 is 0. The van der Waals surface area contributed by atoms with Crippen LogP contribution >= 0.6 is 0 Å². The number of ether oxygens (including phenoxy) is 2. The predicted octanol–water partition coefficient (Wildman–Crippen LogP) is 3.20. The van der Waals surface area contributed by atoms with E-state index in [0.717, 1.165) is 35.5 Å². The number of nitrogen functional groups attached to an aromatic ring is 1. The highest BCUT2D eigenvalue weighted by molar-refractivity contribution is 5.66. The van der Waals surface area contributed by atoms with Gasteiger partial charge in [0.05, 0.1) is 13.2 Å². The van der Waals surface area contributed by atoms with Crippen LogP contribution in [-0.4, -0.2) is 17.9 Å². The van der Waals surface area contributed by atoms with Crippen LogP contribution in [0, 0.1) is 0 Å². The molecule has 1 saturated carbocycles. The van der Waals surface area contributed by atoms with Gasteiger partial charge in [0, 0.05) is 18.0 Å². The molecular weight excluding hydrogens is 252 g/mol. The molecule has 0 radical (unpaired) electrons. The van der Waals surface area contributed by atoms with E-state index >= 15 is 0 Å². The van der Waals surface area contributed by atoms with E-state index in [1.165, 1.54) is 12.8 Å². The molecule has 20 heavy (non-hydrogen) atoms. The zero-order valence-corrected chi connectivity index (χ0v) is 11.7. The Morgan fingerprint density at radius 3 is 2.55 bits per heavy atom. The van der Waals surface area contributed by atoms with Crippen LogP contribution in [0.5, 0.6) is 11.5 Å². The molecule has 1 fully saturated rings. The molecule has 2 aromatic rings. The maximum absolute atomic E-state index is 6.10. The maximum atomic E-state index is 6.10. The summed E-state index contributed by atoms with van der Waals surface area (Å²) in [5, 5.41) is 0. The Kier molecular flexibility index (Phi) is 3.54. The van der Waals surface area contributed by atoms with Crippen molar-refractivity contribution in [3.8, 4) is 22.6 Å². The number of hydrogen-bond acceptors (Lipinski definition) is 3. The Bertz CT molecular complexity index is 586. The number of aromatic nitrogens is 1. The Balaban J connectivity index is 1.89. The van der Waals surface area contributed by atoms with Gasteiger partial charge in [-0.15, -0.1) is 0 Å². The summed E-state index contributed by atoms with van der Waals surface area (Å²) in [5.41, 5.74) is 2.16. The van der Waals surface area contributed by atoms with E-state index in [2.05, 4.69) is 0 Å². The first-order chi connectivity index (χ1) is 9.76. The minimum absolute atomic E-state index is 0.318. The second kappa shape index (κ2) is 5.49. The third-order valence-corrected chi connectivity index (χ3v) is 3.81. The lowest BCUT2D eigenvalue weighted by Gasteiger charge is -2.16. The minimum atomic E-state index is 0.318. The summed E-state index contributed by atoms with van der Waals surface area (Å²) < 4.78 is 13.1. The molecule has 0 bridgehead atoms. The topological polar surface area (TPSA) is 49.4 Å². The Labute approximate surface area is 119 Å². The summed E-state index contributed by atoms with van der Waals surface area (Å²) in [6.45, 7) is 0. The first-order valence-corrected chi connectivity index (χ1v) is 7.04. The molecule has 1 aliphatic carbocycles. The van der Waals surface area contributed by atoms with Gasteiger partial charge in [-0.3, -0.25) is 4.68 Å². The number of methoxy groups -OCH3 is 1. The predicted molar refractivity (Wildman–Crippen MR) is 79.5 cm³/mol. The molecule has 1 heterocycles. The molecule has 4 heteroatoms. The Morgan fingerprint density at radius 2 is 1.90 bits per heavy atom. The maximum Gasteiger partial charge on any atom is 0.162 e. The fourth-order valence-electron chi connectivity index (χ4n) is 2.72. The first-order valence-electron chi connectivity index (χ1n) is 7.04. The summed E-state index contributed by atoms with van der Waals surface area (Å²) in [5.74, 6) is 7.31. The van der Waals surface area contributed by atoms with Crippen molar-refractivity contribution in [1.29, 1.82) is 0 Å². The van der Waals surface area contributed by atoms with Crippen LogP contribution in [-0.2, 0) is 0 Å². The molecule has 4 nitrogen and oxygen atoms in total. The molecule has 0 aliphatic heterocycles. The van der Waals surface area contributed by atoms with Gasteiger partial charge in [-0.25, -0.2) is 0 Å². The van der Waals surface area contributed by atoms with Gasteiger partial charge in [0.15, 0.2) is 11.5 Å². The summed E-state index contributed by atoms with van der Waals surface area (Å²) in [6, 6.07) is 8.00. The lowest BCUT2D eigenvalue weighted by Crippen LogP contribution is -2.11. The van der Waals surface area contributed by atoms with Gasteiger partial charge in [0.2, 0.25) is 0 Å². The molecule has 0 saturated heterocycles. The monoisotopic (exact) mass is 272 g/mol. The number of rotatable bonds is 4. The van der Waals surface area contributed by atoms with E-state index in [-0.39, 0.29) is 0 Å². The molecule has 0 unspecified atom stereocenters. The first kappa shape index (κ1) is 12.9. The smallest absolute Gasteiger partial charge is 0.162 e. The van der Waals surface area contributed by atoms with Crippen LogP contribution in [0.25, 0.3) is 11.1 Å². The largest absolute Gasteiger partial charge is 0.493 e. The third kappa shape index (κ3) is 2.59. The SMILES string of the molecule is COc1ccc(-c2ccn(N)c2)cc1OC1CCCC1. The average molecular weight is 272 g/mol. The van der Waals surface area contributed by atoms with E-state index in [4.69, 9.17) is 15.3 Å². The summed E-state index contributed by atoms with van der Waals surface area (Å²) in [4.78, 5) is 0. The Morgan fingerprint density at radius 1 is 1.10 bits per heavy atom. The second-order valence-electron chi connectivity index (χ2n) is 5.24. The van der Waals surface area contributed by atoms with Crippen LogP contribution in [0.15, 0.2) is 36.7 Å². The molecule has 1 aromatic carbocycles. The molecule has 3 rings (SSSR count). The third-order valence-electron chi connectivity index (χ3n) is 3.81. The summed E-state index contributed by atoms with van der Waals surface area (Å²) in [7, 11) is 1.67. The highest BCUT2D eigenvalue weighted by Crippen LogP contribution is 2.35. The van der Waals surface area contributed by atoms with Crippen molar-refractivity contribution in [3.63, 3.8) is 0 Å². The van der Waals surface area contributed by atoms with E-state index in [9.17, 15) is 0 Å². The van der Waals surface area contributed by atoms with Gasteiger partial charge in [0.1, 0.15) is 0 Å². The van der Waals surface area contributed by atoms with E-state index in [1.54, 1.807) is 11.8 Å². The zero-order chi connectivity index (χ0) is 13.9. The van der Waals surface area contributed by atoms with Gasteiger partial charge in [-0.05, 0) is 49.4 Å². The zero-order valence-electron chi connectivity index (χ0n) is 11.7. The number of benzene rings is 1. The normalized spacial score (nSPS) is 15.4. The second-order valence-corrected chi connectivity index (χ2v) is 5.24. The van der Waals surface area contributed by atoms with Crippen molar-refractivity contribution >= 4 is 0 Å². The van der Waals surface area contributed by atoms with Crippen LogP contribution in [0.4, 0.5) is 0 Å². The van der Waals surface area contributed by atoms with Gasteiger partial charge < -0.3 is 15.3 Å². The van der Waals surface area contributed by atoms with Crippen LogP contribution in [0.1, 0.15) is 25.7 Å². The molecule has 1 aromatic heterocycles. The van der Waals surface area contributed by atoms with Gasteiger partial charge in [-0.2, -0.15) is 0 Å². The fourth-order valence-corrected chi connectivity index (χ4v) is 2.72. The van der Waals surface area contributed by atoms with Crippen molar-refractivity contribution in [3.05, 3.63) is 36.7 Å². The molecule has 0 spiro atoms. The van der Waals surface area contributed by atoms with Crippen molar-refractivity contribution < 1.29 is 9.47 Å². The van der Waals surface area contributed by atoms with Gasteiger partial charge in [0.25, 0.3) is 0 Å². The molecular formula is C16H20N2O2. The number of nitrogens with two attached hydrogens (primary N) is 1. The van der Waals surface area contributed by atoms with E-state index < -0.39 is 0 Å². The fraction of sp³-hybridized carbons (Fsp3) is 0.375. The van der Waals surface area contributed by atoms with Crippen LogP contribution < -0.4 is 15.3 Å². The lowest BCUT2D eigenvalue weighted by molar-refractivity contribution is 0.201. The van der Waals surface area contributed by atoms with E-state index in [1.807, 2.05) is 36.7 Å². The highest BCUT2D eigenvalue weighted by Gasteiger charge is 2.18. The van der Waals surface area contributed by atoms with Crippen molar-refractivity contribution in [2.24, 2.45) is 0 Å². The molecule has 0 atom stereocenters. The van der Waals surface area contributed by atoms with E-state index in [0.29, 0.717) is 6.10 Å². The quantitative estimate of drug-likeness (QED) is 0.869. The van der Waals surface area contributed by atoms with Gasteiger partial charge >= 0.3 is 0 Å². The standard InChI is InChI=1S/C16H20N2O2/c1-19-15-7-6-12(13-8-9-18(17)11-13)10-16(15)20-14-4-2-3-5-14/h6-11,14H,2-5,17H2,1H3. The van der Waals surface area contributed by atoms with Crippen molar-refractivity contribution in [1.82, 2.24) is 4.68 Å². The van der Waals surface area contributed by atoms with Crippen molar-refractivity contribution in [2.75, 3.05) is 13.0 Å². The Hall–Kier alpha value is -2.10. The van der Waals surface area contributed by atoms with Gasteiger partial charge in [-0.1, -0.05) is 6.07 Å². The van der Waals surface area contributed by atoms with Crippen LogP contribution in [0.3, 0.4) is 0 Å². The highest BCUT2D eigenvalue weighted by atomic mass is 16.5. The molecule has 0 amide bonds. The number of hydrogen-bond donors (Lipinski definition) is 1.